The number of nitrogens with one attached hydrogen (secondary N) is 2. The first-order valence-corrected chi connectivity index (χ1v) is 11.3. The number of piperazine rings is 1. The van der Waals surface area contributed by atoms with E-state index in [0.717, 1.165) is 65.9 Å². The number of rotatable bonds is 6. The normalized spacial score (nSPS) is 16.7. The van der Waals surface area contributed by atoms with Gasteiger partial charge in [0.15, 0.2) is 0 Å². The van der Waals surface area contributed by atoms with Crippen LogP contribution in [-0.2, 0) is 11.3 Å². The molecule has 0 amide bonds. The Hall–Kier alpha value is -2.87. The van der Waals surface area contributed by atoms with Gasteiger partial charge in [0.1, 0.15) is 5.69 Å². The van der Waals surface area contributed by atoms with Gasteiger partial charge in [-0.2, -0.15) is 5.10 Å². The molecule has 166 valence electrons. The van der Waals surface area contributed by atoms with E-state index in [4.69, 9.17) is 16.7 Å². The zero-order valence-electron chi connectivity index (χ0n) is 17.9. The highest BCUT2D eigenvalue weighted by Gasteiger charge is 2.22. The molecule has 0 aliphatic carbocycles. The van der Waals surface area contributed by atoms with Gasteiger partial charge >= 0.3 is 5.97 Å². The molecule has 1 aliphatic rings. The average Bonchev–Trinajstić information content (AvgIpc) is 3.36. The average molecular weight is 452 g/mol. The van der Waals surface area contributed by atoms with E-state index in [1.54, 1.807) is 0 Å². The predicted molar refractivity (Wildman–Crippen MR) is 127 cm³/mol. The number of aliphatic carboxylic acids is 1. The van der Waals surface area contributed by atoms with Crippen LogP contribution in [0.1, 0.15) is 18.9 Å². The van der Waals surface area contributed by atoms with E-state index >= 15 is 0 Å². The molecule has 1 aliphatic heterocycles. The van der Waals surface area contributed by atoms with Crippen molar-refractivity contribution < 1.29 is 9.90 Å². The summed E-state index contributed by atoms with van der Waals surface area (Å²) in [6.45, 7) is 6.59. The van der Waals surface area contributed by atoms with Gasteiger partial charge in [0.2, 0.25) is 0 Å². The molecule has 1 atom stereocenters. The Morgan fingerprint density at radius 1 is 1.12 bits per heavy atom. The topological polar surface area (TPSA) is 88.2 Å². The molecular formula is C24H26ClN5O2. The molecule has 1 fully saturated rings. The number of fused-ring (bicyclic) bond motifs is 2. The summed E-state index contributed by atoms with van der Waals surface area (Å²) in [4.78, 5) is 19.2. The SMILES string of the molecule is CC(CC(=O)O)N1CCN(Cc2ccc3[nH]c(-c4n[nH]c5cc(Cl)ccc45)cc3c2)CC1. The molecule has 0 spiro atoms. The Morgan fingerprint density at radius 3 is 2.72 bits per heavy atom. The van der Waals surface area contributed by atoms with E-state index in [1.165, 1.54) is 5.56 Å². The molecule has 32 heavy (non-hydrogen) atoms. The highest BCUT2D eigenvalue weighted by atomic mass is 35.5. The largest absolute Gasteiger partial charge is 0.481 e. The van der Waals surface area contributed by atoms with Crippen molar-refractivity contribution in [2.45, 2.75) is 25.9 Å². The molecule has 0 bridgehead atoms. The monoisotopic (exact) mass is 451 g/mol. The van der Waals surface area contributed by atoms with Crippen LogP contribution < -0.4 is 0 Å². The Morgan fingerprint density at radius 2 is 1.94 bits per heavy atom. The minimum Gasteiger partial charge on any atom is -0.481 e. The second-order valence-corrected chi connectivity index (χ2v) is 9.06. The highest BCUT2D eigenvalue weighted by Crippen LogP contribution is 2.30. The Bertz CT molecular complexity index is 1270. The highest BCUT2D eigenvalue weighted by molar-refractivity contribution is 6.31. The third kappa shape index (κ3) is 4.24. The lowest BCUT2D eigenvalue weighted by molar-refractivity contribution is -0.138. The van der Waals surface area contributed by atoms with Gasteiger partial charge in [0.05, 0.1) is 17.6 Å². The molecule has 3 heterocycles. The number of aromatic amines is 2. The van der Waals surface area contributed by atoms with Crippen molar-refractivity contribution in [3.63, 3.8) is 0 Å². The van der Waals surface area contributed by atoms with Crippen molar-refractivity contribution in [3.05, 3.63) is 53.1 Å². The van der Waals surface area contributed by atoms with Gasteiger partial charge < -0.3 is 10.1 Å². The summed E-state index contributed by atoms with van der Waals surface area (Å²) < 4.78 is 0. The fourth-order valence-corrected chi connectivity index (χ4v) is 4.78. The van der Waals surface area contributed by atoms with Crippen LogP contribution in [0.25, 0.3) is 33.2 Å². The van der Waals surface area contributed by atoms with E-state index in [0.29, 0.717) is 5.02 Å². The number of halogens is 1. The van der Waals surface area contributed by atoms with Gasteiger partial charge in [-0.05, 0) is 48.9 Å². The standard InChI is InChI=1S/C24H26ClN5O2/c1-15(10-23(31)32)30-8-6-29(7-9-30)14-16-2-5-20-17(11-16)12-22(26-20)24-19-4-3-18(25)13-21(19)27-28-24/h2-5,11-13,15,26H,6-10,14H2,1H3,(H,27,28)(H,31,32). The molecule has 1 saturated heterocycles. The number of nitrogens with zero attached hydrogens (tertiary/aromatic N) is 3. The maximum atomic E-state index is 11.0. The third-order valence-corrected chi connectivity index (χ3v) is 6.61. The van der Waals surface area contributed by atoms with Crippen LogP contribution in [0.2, 0.25) is 5.02 Å². The van der Waals surface area contributed by atoms with Gasteiger partial charge in [-0.25, -0.2) is 0 Å². The number of hydrogen-bond acceptors (Lipinski definition) is 4. The number of carbonyl (C=O) groups is 1. The molecule has 2 aromatic heterocycles. The number of aromatic nitrogens is 3. The van der Waals surface area contributed by atoms with E-state index in [1.807, 2.05) is 25.1 Å². The zero-order chi connectivity index (χ0) is 22.2. The predicted octanol–water partition coefficient (Wildman–Crippen LogP) is 4.35. The van der Waals surface area contributed by atoms with Crippen molar-refractivity contribution in [1.29, 1.82) is 0 Å². The summed E-state index contributed by atoms with van der Waals surface area (Å²) in [7, 11) is 0. The number of benzene rings is 2. The van der Waals surface area contributed by atoms with Gasteiger partial charge in [-0.1, -0.05) is 17.7 Å². The lowest BCUT2D eigenvalue weighted by atomic mass is 10.1. The number of carboxylic acids is 1. The minimum absolute atomic E-state index is 0.0819. The maximum Gasteiger partial charge on any atom is 0.304 e. The summed E-state index contributed by atoms with van der Waals surface area (Å²) >= 11 is 6.09. The van der Waals surface area contributed by atoms with Gasteiger partial charge in [0.25, 0.3) is 0 Å². The fraction of sp³-hybridized carbons (Fsp3) is 0.333. The third-order valence-electron chi connectivity index (χ3n) is 6.37. The van der Waals surface area contributed by atoms with E-state index in [9.17, 15) is 4.79 Å². The van der Waals surface area contributed by atoms with Crippen molar-refractivity contribution >= 4 is 39.4 Å². The van der Waals surface area contributed by atoms with Crippen LogP contribution in [0.15, 0.2) is 42.5 Å². The zero-order valence-corrected chi connectivity index (χ0v) is 18.7. The van der Waals surface area contributed by atoms with Crippen LogP contribution in [0.5, 0.6) is 0 Å². The molecule has 0 saturated carbocycles. The number of carboxylic acid groups (broad SMARTS) is 1. The molecule has 2 aromatic carbocycles. The van der Waals surface area contributed by atoms with Crippen LogP contribution in [0, 0.1) is 0 Å². The summed E-state index contributed by atoms with van der Waals surface area (Å²) in [5.41, 5.74) is 5.14. The molecule has 7 nitrogen and oxygen atoms in total. The molecule has 8 heteroatoms. The van der Waals surface area contributed by atoms with Gasteiger partial charge in [-0.15, -0.1) is 0 Å². The van der Waals surface area contributed by atoms with Gasteiger partial charge in [-0.3, -0.25) is 19.7 Å². The van der Waals surface area contributed by atoms with Gasteiger partial charge in [0, 0.05) is 60.1 Å². The molecule has 5 rings (SSSR count). The summed E-state index contributed by atoms with van der Waals surface area (Å²) in [6.07, 6.45) is 0.199. The Kier molecular flexibility index (Phi) is 5.63. The van der Waals surface area contributed by atoms with Crippen molar-refractivity contribution in [3.8, 4) is 11.4 Å². The van der Waals surface area contributed by atoms with E-state index < -0.39 is 5.97 Å². The molecule has 3 N–H and O–H groups in total. The first kappa shape index (κ1) is 21.0. The smallest absolute Gasteiger partial charge is 0.304 e. The van der Waals surface area contributed by atoms with Crippen LogP contribution in [0.3, 0.4) is 0 Å². The van der Waals surface area contributed by atoms with Crippen molar-refractivity contribution in [2.24, 2.45) is 0 Å². The van der Waals surface area contributed by atoms with Crippen LogP contribution >= 0.6 is 11.6 Å². The van der Waals surface area contributed by atoms with Crippen LogP contribution in [0.4, 0.5) is 0 Å². The fourth-order valence-electron chi connectivity index (χ4n) is 4.61. The minimum atomic E-state index is -0.731. The summed E-state index contributed by atoms with van der Waals surface area (Å²) in [5.74, 6) is -0.731. The Labute approximate surface area is 191 Å². The van der Waals surface area contributed by atoms with Crippen LogP contribution in [-0.4, -0.2) is 68.3 Å². The number of hydrogen-bond donors (Lipinski definition) is 3. The van der Waals surface area contributed by atoms with Crippen molar-refractivity contribution in [1.82, 2.24) is 25.0 Å². The molecule has 1 unspecified atom stereocenters. The molecule has 4 aromatic rings. The first-order valence-electron chi connectivity index (χ1n) is 10.9. The second-order valence-electron chi connectivity index (χ2n) is 8.63. The maximum absolute atomic E-state index is 11.0. The first-order chi connectivity index (χ1) is 15.5. The quantitative estimate of drug-likeness (QED) is 0.405. The lowest BCUT2D eigenvalue weighted by Gasteiger charge is -2.37. The summed E-state index contributed by atoms with van der Waals surface area (Å²) in [5, 5.41) is 19.5. The Balaban J connectivity index is 1.29. The number of H-pyrrole nitrogens is 2. The molecular weight excluding hydrogens is 426 g/mol. The van der Waals surface area contributed by atoms with E-state index in [2.05, 4.69) is 49.2 Å². The lowest BCUT2D eigenvalue weighted by Crippen LogP contribution is -2.49. The summed E-state index contributed by atoms with van der Waals surface area (Å²) in [6, 6.07) is 14.5. The second kappa shape index (κ2) is 8.58. The molecule has 0 radical (unpaired) electrons. The van der Waals surface area contributed by atoms with E-state index in [-0.39, 0.29) is 12.5 Å². The van der Waals surface area contributed by atoms with Crippen molar-refractivity contribution in [2.75, 3.05) is 26.2 Å².